The van der Waals surface area contributed by atoms with Gasteiger partial charge < -0.3 is 4.90 Å². The highest BCUT2D eigenvalue weighted by Crippen LogP contribution is 2.29. The summed E-state index contributed by atoms with van der Waals surface area (Å²) in [7, 11) is 0. The minimum atomic E-state index is 0.153. The van der Waals surface area contributed by atoms with E-state index in [-0.39, 0.29) is 5.91 Å². The predicted octanol–water partition coefficient (Wildman–Crippen LogP) is 3.31. The minimum Gasteiger partial charge on any atom is -0.339 e. The van der Waals surface area contributed by atoms with E-state index in [9.17, 15) is 4.79 Å². The number of carbonyl (C=O) groups excluding carboxylic acids is 1. The maximum absolute atomic E-state index is 12.0. The highest BCUT2D eigenvalue weighted by Gasteiger charge is 2.23. The van der Waals surface area contributed by atoms with Gasteiger partial charge in [0.05, 0.1) is 0 Å². The summed E-state index contributed by atoms with van der Waals surface area (Å²) in [6.45, 7) is 7.93. The summed E-state index contributed by atoms with van der Waals surface area (Å²) >= 11 is 0. The van der Waals surface area contributed by atoms with E-state index < -0.39 is 0 Å². The zero-order valence-corrected chi connectivity index (χ0v) is 12.7. The summed E-state index contributed by atoms with van der Waals surface area (Å²) < 4.78 is 0. The largest absolute Gasteiger partial charge is 0.339 e. The number of piperidine rings is 1. The van der Waals surface area contributed by atoms with Crippen molar-refractivity contribution in [3.63, 3.8) is 0 Å². The Bertz CT molecular complexity index is 486. The van der Waals surface area contributed by atoms with Gasteiger partial charge in [-0.15, -0.1) is 0 Å². The van der Waals surface area contributed by atoms with Gasteiger partial charge in [-0.2, -0.15) is 0 Å². The van der Waals surface area contributed by atoms with Crippen LogP contribution in [0, 0.1) is 12.8 Å². The van der Waals surface area contributed by atoms with E-state index in [0.717, 1.165) is 31.6 Å². The molecule has 1 aromatic rings. The smallest absolute Gasteiger partial charge is 0.246 e. The molecule has 3 nitrogen and oxygen atoms in total. The van der Waals surface area contributed by atoms with Gasteiger partial charge >= 0.3 is 0 Å². The van der Waals surface area contributed by atoms with Gasteiger partial charge in [0.2, 0.25) is 5.91 Å². The van der Waals surface area contributed by atoms with Crippen molar-refractivity contribution < 1.29 is 4.79 Å². The Morgan fingerprint density at radius 3 is 2.70 bits per heavy atom. The first kappa shape index (κ1) is 14.8. The first-order chi connectivity index (χ1) is 9.58. The summed E-state index contributed by atoms with van der Waals surface area (Å²) in [6, 6.07) is 4.17. The molecule has 0 bridgehead atoms. The van der Waals surface area contributed by atoms with Crippen LogP contribution in [-0.4, -0.2) is 28.9 Å². The van der Waals surface area contributed by atoms with Gasteiger partial charge in [-0.1, -0.05) is 26.0 Å². The van der Waals surface area contributed by atoms with Crippen molar-refractivity contribution in [2.24, 2.45) is 5.92 Å². The number of pyridine rings is 1. The zero-order chi connectivity index (χ0) is 14.5. The van der Waals surface area contributed by atoms with E-state index in [1.165, 1.54) is 5.56 Å². The van der Waals surface area contributed by atoms with Crippen molar-refractivity contribution in [1.82, 2.24) is 9.88 Å². The lowest BCUT2D eigenvalue weighted by molar-refractivity contribution is -0.127. The summed E-state index contributed by atoms with van der Waals surface area (Å²) in [5.41, 5.74) is 2.47. The Balaban J connectivity index is 1.93. The van der Waals surface area contributed by atoms with Gasteiger partial charge in [0.1, 0.15) is 0 Å². The number of hydrogen-bond donors (Lipinski definition) is 0. The maximum Gasteiger partial charge on any atom is 0.246 e. The van der Waals surface area contributed by atoms with E-state index in [2.05, 4.69) is 31.8 Å². The van der Waals surface area contributed by atoms with Gasteiger partial charge in [-0.3, -0.25) is 9.78 Å². The number of amides is 1. The molecule has 108 valence electrons. The molecule has 1 aliphatic heterocycles. The van der Waals surface area contributed by atoms with Crippen LogP contribution in [0.4, 0.5) is 0 Å². The highest BCUT2D eigenvalue weighted by atomic mass is 16.2. The third-order valence-corrected chi connectivity index (χ3v) is 3.92. The van der Waals surface area contributed by atoms with Gasteiger partial charge in [-0.25, -0.2) is 0 Å². The number of rotatable bonds is 3. The van der Waals surface area contributed by atoms with Crippen molar-refractivity contribution in [3.05, 3.63) is 41.7 Å². The summed E-state index contributed by atoms with van der Waals surface area (Å²) in [6.07, 6.45) is 7.61. The second-order valence-electron chi connectivity index (χ2n) is 5.88. The van der Waals surface area contributed by atoms with Crippen LogP contribution in [0.1, 0.15) is 43.9 Å². The van der Waals surface area contributed by atoms with E-state index in [4.69, 9.17) is 0 Å². The second kappa shape index (κ2) is 6.69. The quantitative estimate of drug-likeness (QED) is 0.791. The van der Waals surface area contributed by atoms with Crippen molar-refractivity contribution >= 4 is 5.91 Å². The molecule has 0 aromatic carbocycles. The van der Waals surface area contributed by atoms with Gasteiger partial charge in [0, 0.05) is 25.0 Å². The number of aryl methyl sites for hydroxylation is 1. The number of likely N-dealkylation sites (tertiary alicyclic amines) is 1. The van der Waals surface area contributed by atoms with Crippen LogP contribution in [0.15, 0.2) is 30.5 Å². The van der Waals surface area contributed by atoms with Crippen molar-refractivity contribution in [1.29, 1.82) is 0 Å². The molecule has 1 aromatic heterocycles. The Kier molecular flexibility index (Phi) is 4.94. The molecule has 0 saturated carbocycles. The molecule has 1 aliphatic rings. The molecule has 1 fully saturated rings. The Hall–Kier alpha value is -1.64. The molecular formula is C17H24N2O. The molecule has 0 unspecified atom stereocenters. The van der Waals surface area contributed by atoms with Crippen LogP contribution in [0.2, 0.25) is 0 Å². The lowest BCUT2D eigenvalue weighted by Crippen LogP contribution is -2.37. The molecule has 0 N–H and O–H groups in total. The van der Waals surface area contributed by atoms with Crippen molar-refractivity contribution in [2.75, 3.05) is 13.1 Å². The average molecular weight is 272 g/mol. The summed E-state index contributed by atoms with van der Waals surface area (Å²) in [5.74, 6) is 1.12. The van der Waals surface area contributed by atoms with Crippen molar-refractivity contribution in [2.45, 2.75) is 39.5 Å². The van der Waals surface area contributed by atoms with Crippen LogP contribution < -0.4 is 0 Å². The molecule has 0 radical (unpaired) electrons. The number of hydrogen-bond acceptors (Lipinski definition) is 2. The normalized spacial score (nSPS) is 17.1. The first-order valence-electron chi connectivity index (χ1n) is 7.46. The fourth-order valence-electron chi connectivity index (χ4n) is 2.72. The zero-order valence-electron chi connectivity index (χ0n) is 12.7. The predicted molar refractivity (Wildman–Crippen MR) is 81.5 cm³/mol. The Labute approximate surface area is 121 Å². The molecule has 20 heavy (non-hydrogen) atoms. The minimum absolute atomic E-state index is 0.153. The molecule has 2 rings (SSSR count). The van der Waals surface area contributed by atoms with Crippen LogP contribution in [-0.2, 0) is 4.79 Å². The highest BCUT2D eigenvalue weighted by molar-refractivity contribution is 5.87. The lowest BCUT2D eigenvalue weighted by Gasteiger charge is -2.32. The fourth-order valence-corrected chi connectivity index (χ4v) is 2.72. The first-order valence-corrected chi connectivity index (χ1v) is 7.46. The monoisotopic (exact) mass is 272 g/mol. The third kappa shape index (κ3) is 3.69. The van der Waals surface area contributed by atoms with Crippen LogP contribution in [0.3, 0.4) is 0 Å². The molecule has 2 heterocycles. The van der Waals surface area contributed by atoms with Crippen LogP contribution >= 0.6 is 0 Å². The van der Waals surface area contributed by atoms with E-state index in [1.807, 2.05) is 23.2 Å². The SMILES string of the molecule is Cc1ncccc1C1CCN(C(=O)/C=C/C(C)C)CC1. The Morgan fingerprint density at radius 1 is 1.40 bits per heavy atom. The topological polar surface area (TPSA) is 33.2 Å². The fraction of sp³-hybridized carbons (Fsp3) is 0.529. The van der Waals surface area contributed by atoms with E-state index >= 15 is 0 Å². The van der Waals surface area contributed by atoms with Gasteiger partial charge in [0.15, 0.2) is 0 Å². The molecule has 1 saturated heterocycles. The molecule has 1 amide bonds. The summed E-state index contributed by atoms with van der Waals surface area (Å²) in [4.78, 5) is 18.4. The number of carbonyl (C=O) groups is 1. The lowest BCUT2D eigenvalue weighted by atomic mass is 9.88. The third-order valence-electron chi connectivity index (χ3n) is 3.92. The number of aromatic nitrogens is 1. The van der Waals surface area contributed by atoms with Crippen molar-refractivity contribution in [3.8, 4) is 0 Å². The molecule has 3 heteroatoms. The number of nitrogens with zero attached hydrogens (tertiary/aromatic N) is 2. The van der Waals surface area contributed by atoms with E-state index in [1.54, 1.807) is 6.08 Å². The standard InChI is InChI=1S/C17H24N2O/c1-13(2)6-7-17(20)19-11-8-15(9-12-19)16-5-4-10-18-14(16)3/h4-7,10,13,15H,8-9,11-12H2,1-3H3/b7-6+. The maximum atomic E-state index is 12.0. The molecule has 0 spiro atoms. The van der Waals surface area contributed by atoms with E-state index in [0.29, 0.717) is 11.8 Å². The van der Waals surface area contributed by atoms with Crippen LogP contribution in [0.5, 0.6) is 0 Å². The second-order valence-corrected chi connectivity index (χ2v) is 5.88. The summed E-state index contributed by atoms with van der Waals surface area (Å²) in [5, 5.41) is 0. The van der Waals surface area contributed by atoms with Crippen LogP contribution in [0.25, 0.3) is 0 Å². The Morgan fingerprint density at radius 2 is 2.10 bits per heavy atom. The molecular weight excluding hydrogens is 248 g/mol. The molecule has 0 aliphatic carbocycles. The molecule has 0 atom stereocenters. The average Bonchev–Trinajstić information content (AvgIpc) is 2.45. The van der Waals surface area contributed by atoms with Gasteiger partial charge in [-0.05, 0) is 49.3 Å². The number of allylic oxidation sites excluding steroid dienone is 1. The van der Waals surface area contributed by atoms with Gasteiger partial charge in [0.25, 0.3) is 0 Å².